The molecule has 0 aliphatic heterocycles. The summed E-state index contributed by atoms with van der Waals surface area (Å²) < 4.78 is 27.2. The lowest BCUT2D eigenvalue weighted by Crippen LogP contribution is -2.13. The number of nitrogens with one attached hydrogen (secondary N) is 1. The highest BCUT2D eigenvalue weighted by molar-refractivity contribution is 7.92. The van der Waals surface area contributed by atoms with E-state index in [0.717, 1.165) is 11.1 Å². The van der Waals surface area contributed by atoms with Crippen molar-refractivity contribution in [1.29, 1.82) is 0 Å². The normalized spacial score (nSPS) is 11.3. The predicted octanol–water partition coefficient (Wildman–Crippen LogP) is 2.23. The fourth-order valence-corrected chi connectivity index (χ4v) is 3.03. The van der Waals surface area contributed by atoms with Gasteiger partial charge in [0.1, 0.15) is 0 Å². The first-order chi connectivity index (χ1) is 10.0. The van der Waals surface area contributed by atoms with E-state index in [0.29, 0.717) is 18.7 Å². The summed E-state index contributed by atoms with van der Waals surface area (Å²) in [5.74, 6) is 4.97. The molecule has 0 aromatic heterocycles. The number of aryl methyl sites for hydroxylation is 1. The van der Waals surface area contributed by atoms with Gasteiger partial charge >= 0.3 is 0 Å². The van der Waals surface area contributed by atoms with Gasteiger partial charge in [-0.1, -0.05) is 30.3 Å². The summed E-state index contributed by atoms with van der Waals surface area (Å²) in [5, 5.41) is 0. The molecule has 5 nitrogen and oxygen atoms in total. The molecule has 21 heavy (non-hydrogen) atoms. The molecule has 6 heteroatoms. The second-order valence-corrected chi connectivity index (χ2v) is 6.37. The fraction of sp³-hybridized carbons (Fsp3) is 0.200. The van der Waals surface area contributed by atoms with E-state index < -0.39 is 10.0 Å². The SMILES string of the molecule is Cc1ccccc1NS(=O)(=O)c1ccc(CCON)cc1. The second kappa shape index (κ2) is 6.71. The predicted molar refractivity (Wildman–Crippen MR) is 82.3 cm³/mol. The van der Waals surface area contributed by atoms with Crippen molar-refractivity contribution in [2.75, 3.05) is 11.3 Å². The van der Waals surface area contributed by atoms with E-state index in [9.17, 15) is 8.42 Å². The molecule has 0 atom stereocenters. The Morgan fingerprint density at radius 3 is 2.38 bits per heavy atom. The van der Waals surface area contributed by atoms with E-state index in [1.807, 2.05) is 19.1 Å². The Bertz CT molecular complexity index is 697. The maximum absolute atomic E-state index is 12.3. The maximum atomic E-state index is 12.3. The minimum Gasteiger partial charge on any atom is -0.304 e. The largest absolute Gasteiger partial charge is 0.304 e. The van der Waals surface area contributed by atoms with Crippen LogP contribution in [0.4, 0.5) is 5.69 Å². The highest BCUT2D eigenvalue weighted by atomic mass is 32.2. The van der Waals surface area contributed by atoms with Gasteiger partial charge < -0.3 is 4.84 Å². The summed E-state index contributed by atoms with van der Waals surface area (Å²) in [6.45, 7) is 2.25. The van der Waals surface area contributed by atoms with Crippen LogP contribution in [-0.4, -0.2) is 15.0 Å². The number of anilines is 1. The first kappa shape index (κ1) is 15.5. The van der Waals surface area contributed by atoms with Gasteiger partial charge in [-0.15, -0.1) is 0 Å². The Balaban J connectivity index is 2.18. The van der Waals surface area contributed by atoms with Gasteiger partial charge in [0.05, 0.1) is 17.2 Å². The number of hydrogen-bond donors (Lipinski definition) is 2. The molecule has 0 amide bonds. The average Bonchev–Trinajstić information content (AvgIpc) is 2.48. The van der Waals surface area contributed by atoms with Gasteiger partial charge in [-0.2, -0.15) is 0 Å². The molecule has 2 aromatic rings. The van der Waals surface area contributed by atoms with Crippen molar-refractivity contribution in [2.24, 2.45) is 5.90 Å². The molecule has 0 aliphatic carbocycles. The highest BCUT2D eigenvalue weighted by Crippen LogP contribution is 2.19. The van der Waals surface area contributed by atoms with Crippen molar-refractivity contribution >= 4 is 15.7 Å². The molecule has 0 fully saturated rings. The van der Waals surface area contributed by atoms with Crippen LogP contribution in [-0.2, 0) is 21.3 Å². The summed E-state index contributed by atoms with van der Waals surface area (Å²) >= 11 is 0. The summed E-state index contributed by atoms with van der Waals surface area (Å²) in [7, 11) is -3.58. The van der Waals surface area contributed by atoms with Crippen LogP contribution in [0.3, 0.4) is 0 Å². The fourth-order valence-electron chi connectivity index (χ4n) is 1.90. The zero-order valence-electron chi connectivity index (χ0n) is 11.7. The van der Waals surface area contributed by atoms with Gasteiger partial charge in [0.2, 0.25) is 0 Å². The van der Waals surface area contributed by atoms with Gasteiger partial charge in [-0.25, -0.2) is 14.3 Å². The van der Waals surface area contributed by atoms with Crippen molar-refractivity contribution in [2.45, 2.75) is 18.2 Å². The number of para-hydroxylation sites is 1. The minimum absolute atomic E-state index is 0.225. The van der Waals surface area contributed by atoms with E-state index >= 15 is 0 Å². The molecule has 0 heterocycles. The zero-order valence-corrected chi connectivity index (χ0v) is 12.6. The van der Waals surface area contributed by atoms with Crippen LogP contribution in [0.1, 0.15) is 11.1 Å². The summed E-state index contributed by atoms with van der Waals surface area (Å²) in [5.41, 5.74) is 2.42. The highest BCUT2D eigenvalue weighted by Gasteiger charge is 2.14. The third-order valence-corrected chi connectivity index (χ3v) is 4.51. The quantitative estimate of drug-likeness (QED) is 0.802. The molecule has 112 valence electrons. The lowest BCUT2D eigenvalue weighted by Gasteiger charge is -2.10. The van der Waals surface area contributed by atoms with Crippen LogP contribution in [0, 0.1) is 6.92 Å². The Kier molecular flexibility index (Phi) is 4.95. The molecule has 0 spiro atoms. The molecule has 0 unspecified atom stereocenters. The topological polar surface area (TPSA) is 81.4 Å². The molecule has 0 radical (unpaired) electrons. The van der Waals surface area contributed by atoms with Gasteiger partial charge in [0.15, 0.2) is 0 Å². The van der Waals surface area contributed by atoms with E-state index in [-0.39, 0.29) is 4.90 Å². The molecule has 0 saturated heterocycles. The summed E-state index contributed by atoms with van der Waals surface area (Å²) in [4.78, 5) is 4.73. The molecule has 0 bridgehead atoms. The van der Waals surface area contributed by atoms with E-state index in [2.05, 4.69) is 9.56 Å². The minimum atomic E-state index is -3.58. The molecule has 0 saturated carbocycles. The van der Waals surface area contributed by atoms with Crippen molar-refractivity contribution in [3.8, 4) is 0 Å². The van der Waals surface area contributed by atoms with E-state index in [1.165, 1.54) is 0 Å². The number of benzene rings is 2. The summed E-state index contributed by atoms with van der Waals surface area (Å²) in [6.07, 6.45) is 0.641. The zero-order chi connectivity index (χ0) is 15.3. The van der Waals surface area contributed by atoms with Crippen molar-refractivity contribution in [1.82, 2.24) is 0 Å². The van der Waals surface area contributed by atoms with E-state index in [1.54, 1.807) is 36.4 Å². The standard InChI is InChI=1S/C15H18N2O3S/c1-12-4-2-3-5-15(12)17-21(18,19)14-8-6-13(7-9-14)10-11-20-16/h2-9,17H,10-11,16H2,1H3. The number of sulfonamides is 1. The monoisotopic (exact) mass is 306 g/mol. The van der Waals surface area contributed by atoms with Crippen molar-refractivity contribution in [3.05, 3.63) is 59.7 Å². The van der Waals surface area contributed by atoms with Gasteiger partial charge in [-0.05, 0) is 42.7 Å². The lowest BCUT2D eigenvalue weighted by molar-refractivity contribution is 0.141. The maximum Gasteiger partial charge on any atom is 0.261 e. The second-order valence-electron chi connectivity index (χ2n) is 4.69. The molecular weight excluding hydrogens is 288 g/mol. The Morgan fingerprint density at radius 1 is 1.10 bits per heavy atom. The van der Waals surface area contributed by atoms with Gasteiger partial charge in [0, 0.05) is 0 Å². The summed E-state index contributed by atoms with van der Waals surface area (Å²) in [6, 6.07) is 13.9. The molecule has 0 aliphatic rings. The van der Waals surface area contributed by atoms with Crippen LogP contribution >= 0.6 is 0 Å². The number of hydrogen-bond acceptors (Lipinski definition) is 4. The van der Waals surface area contributed by atoms with Crippen molar-refractivity contribution in [3.63, 3.8) is 0 Å². The average molecular weight is 306 g/mol. The Labute approximate surface area is 124 Å². The van der Waals surface area contributed by atoms with Crippen LogP contribution in [0.15, 0.2) is 53.4 Å². The first-order valence-corrected chi connectivity index (χ1v) is 8.00. The Hall–Kier alpha value is -1.89. The molecule has 3 N–H and O–H groups in total. The third-order valence-electron chi connectivity index (χ3n) is 3.13. The van der Waals surface area contributed by atoms with Crippen LogP contribution in [0.2, 0.25) is 0 Å². The molecular formula is C15H18N2O3S. The third kappa shape index (κ3) is 4.04. The van der Waals surface area contributed by atoms with Crippen LogP contribution in [0.5, 0.6) is 0 Å². The lowest BCUT2D eigenvalue weighted by atomic mass is 10.2. The van der Waals surface area contributed by atoms with Gasteiger partial charge in [0.25, 0.3) is 10.0 Å². The number of rotatable bonds is 6. The van der Waals surface area contributed by atoms with Gasteiger partial charge in [-0.3, -0.25) is 4.72 Å². The Morgan fingerprint density at radius 2 is 1.76 bits per heavy atom. The van der Waals surface area contributed by atoms with Crippen LogP contribution < -0.4 is 10.6 Å². The van der Waals surface area contributed by atoms with Crippen LogP contribution in [0.25, 0.3) is 0 Å². The molecule has 2 rings (SSSR count). The smallest absolute Gasteiger partial charge is 0.261 e. The number of nitrogens with two attached hydrogens (primary N) is 1. The molecule has 2 aromatic carbocycles. The van der Waals surface area contributed by atoms with E-state index in [4.69, 9.17) is 5.90 Å². The van der Waals surface area contributed by atoms with Crippen molar-refractivity contribution < 1.29 is 13.3 Å². The first-order valence-electron chi connectivity index (χ1n) is 6.52.